The molecule has 0 rings (SSSR count). The molecule has 9 heteroatoms. The van der Waals surface area contributed by atoms with Crippen molar-refractivity contribution in [2.24, 2.45) is 0 Å². The normalized spacial score (nSPS) is 14.9. The molecule has 7 nitrogen and oxygen atoms in total. The highest BCUT2D eigenvalue weighted by atomic mass is 32.2. The Hall–Kier alpha value is -0.220. The molecule has 0 amide bonds. The van der Waals surface area contributed by atoms with Gasteiger partial charge in [0.05, 0.1) is 17.6 Å². The molecule has 2 N–H and O–H groups in total. The maximum Gasteiger partial charge on any atom is 0.283 e. The highest BCUT2D eigenvalue weighted by molar-refractivity contribution is 7.90. The molecule has 0 saturated carbocycles. The van der Waals surface area contributed by atoms with Crippen LogP contribution in [0.2, 0.25) is 0 Å². The lowest BCUT2D eigenvalue weighted by atomic mass is 10.4. The Morgan fingerprint density at radius 3 is 2.25 bits per heavy atom. The molecule has 0 spiro atoms. The average molecular weight is 275 g/mol. The highest BCUT2D eigenvalue weighted by Gasteiger charge is 2.13. The van der Waals surface area contributed by atoms with Crippen LogP contribution in [0.4, 0.5) is 0 Å². The molecule has 98 valence electrons. The molecular weight excluding hydrogens is 258 g/mol. The maximum atomic E-state index is 11.1. The third-order valence-corrected chi connectivity index (χ3v) is 3.66. The summed E-state index contributed by atoms with van der Waals surface area (Å²) in [6, 6.07) is 0. The molecular formula is C7H17NO6S2. The van der Waals surface area contributed by atoms with Crippen molar-refractivity contribution in [3.8, 4) is 0 Å². The van der Waals surface area contributed by atoms with Crippen molar-refractivity contribution in [1.82, 2.24) is 5.48 Å². The molecule has 1 unspecified atom stereocenters. The van der Waals surface area contributed by atoms with Crippen molar-refractivity contribution in [3.05, 3.63) is 0 Å². The third kappa shape index (κ3) is 10.3. The summed E-state index contributed by atoms with van der Waals surface area (Å²) in [6.07, 6.45) is 0.287. The Morgan fingerprint density at radius 1 is 1.25 bits per heavy atom. The van der Waals surface area contributed by atoms with Gasteiger partial charge in [-0.05, 0) is 13.3 Å². The quantitative estimate of drug-likeness (QED) is 0.527. The minimum Gasteiger partial charge on any atom is -0.392 e. The fourth-order valence-electron chi connectivity index (χ4n) is 0.784. The molecule has 0 bridgehead atoms. The molecule has 0 saturated heterocycles. The molecule has 16 heavy (non-hydrogen) atoms. The van der Waals surface area contributed by atoms with Crippen LogP contribution < -0.4 is 5.48 Å². The number of hydrogen-bond donors (Lipinski definition) is 2. The first-order valence-electron chi connectivity index (χ1n) is 4.62. The highest BCUT2D eigenvalue weighted by Crippen LogP contribution is 1.97. The first-order valence-corrected chi connectivity index (χ1v) is 8.26. The van der Waals surface area contributed by atoms with E-state index in [1.807, 2.05) is 0 Å². The number of sulfone groups is 1. The SMILES string of the molecule is CC(O)CNOS(=O)(=O)CCCS(C)(=O)=O. The number of rotatable bonds is 8. The van der Waals surface area contributed by atoms with Crippen LogP contribution in [0, 0.1) is 0 Å². The molecule has 0 radical (unpaired) electrons. The van der Waals surface area contributed by atoms with Gasteiger partial charge in [-0.15, -0.1) is 0 Å². The molecule has 0 aromatic carbocycles. The Labute approximate surface area is 95.8 Å². The van der Waals surface area contributed by atoms with E-state index in [0.717, 1.165) is 6.26 Å². The molecule has 0 aromatic heterocycles. The summed E-state index contributed by atoms with van der Waals surface area (Å²) in [5.74, 6) is -0.584. The maximum absolute atomic E-state index is 11.1. The summed E-state index contributed by atoms with van der Waals surface area (Å²) in [5.41, 5.74) is 2.09. The van der Waals surface area contributed by atoms with Crippen molar-refractivity contribution in [2.75, 3.05) is 24.3 Å². The van der Waals surface area contributed by atoms with Gasteiger partial charge in [-0.2, -0.15) is 18.2 Å². The van der Waals surface area contributed by atoms with Gasteiger partial charge in [0.25, 0.3) is 10.1 Å². The van der Waals surface area contributed by atoms with Gasteiger partial charge in [-0.1, -0.05) is 0 Å². The average Bonchev–Trinajstić information content (AvgIpc) is 1.99. The Bertz CT molecular complexity index is 385. The monoisotopic (exact) mass is 275 g/mol. The molecule has 0 aliphatic carbocycles. The van der Waals surface area contributed by atoms with Crippen LogP contribution in [0.1, 0.15) is 13.3 Å². The van der Waals surface area contributed by atoms with Crippen LogP contribution in [-0.4, -0.2) is 52.4 Å². The molecule has 0 heterocycles. The predicted molar refractivity (Wildman–Crippen MR) is 58.9 cm³/mol. The van der Waals surface area contributed by atoms with Crippen LogP contribution in [0.15, 0.2) is 0 Å². The van der Waals surface area contributed by atoms with Gasteiger partial charge in [-0.3, -0.25) is 0 Å². The van der Waals surface area contributed by atoms with Crippen LogP contribution in [0.5, 0.6) is 0 Å². The molecule has 0 aliphatic rings. The zero-order valence-electron chi connectivity index (χ0n) is 9.21. The minimum atomic E-state index is -3.79. The Morgan fingerprint density at radius 2 is 1.81 bits per heavy atom. The number of hydrogen-bond acceptors (Lipinski definition) is 7. The van der Waals surface area contributed by atoms with Crippen LogP contribution >= 0.6 is 0 Å². The number of hydroxylamine groups is 1. The van der Waals surface area contributed by atoms with Crippen LogP contribution in [0.3, 0.4) is 0 Å². The predicted octanol–water partition coefficient (Wildman–Crippen LogP) is -1.35. The van der Waals surface area contributed by atoms with Crippen LogP contribution in [0.25, 0.3) is 0 Å². The fraction of sp³-hybridized carbons (Fsp3) is 1.00. The van der Waals surface area contributed by atoms with E-state index in [-0.39, 0.29) is 24.5 Å². The van der Waals surface area contributed by atoms with Crippen molar-refractivity contribution >= 4 is 20.0 Å². The largest absolute Gasteiger partial charge is 0.392 e. The smallest absolute Gasteiger partial charge is 0.283 e. The lowest BCUT2D eigenvalue weighted by Gasteiger charge is -2.07. The van der Waals surface area contributed by atoms with E-state index in [9.17, 15) is 16.8 Å². The van der Waals surface area contributed by atoms with E-state index in [4.69, 9.17) is 5.11 Å². The number of nitrogens with one attached hydrogen (secondary N) is 1. The first kappa shape index (κ1) is 15.8. The van der Waals surface area contributed by atoms with Gasteiger partial charge in [0.1, 0.15) is 9.84 Å². The Kier molecular flexibility index (Phi) is 6.41. The summed E-state index contributed by atoms with van der Waals surface area (Å²) >= 11 is 0. The second-order valence-electron chi connectivity index (χ2n) is 3.53. The van der Waals surface area contributed by atoms with Gasteiger partial charge in [0, 0.05) is 12.8 Å². The van der Waals surface area contributed by atoms with E-state index >= 15 is 0 Å². The zero-order chi connectivity index (χ0) is 12.8. The van der Waals surface area contributed by atoms with Crippen molar-refractivity contribution in [2.45, 2.75) is 19.4 Å². The fourth-order valence-corrected chi connectivity index (χ4v) is 2.46. The summed E-state index contributed by atoms with van der Waals surface area (Å²) in [6.45, 7) is 1.44. The summed E-state index contributed by atoms with van der Waals surface area (Å²) in [4.78, 5) is 0. The van der Waals surface area contributed by atoms with E-state index in [2.05, 4.69) is 9.76 Å². The zero-order valence-corrected chi connectivity index (χ0v) is 10.8. The second-order valence-corrected chi connectivity index (χ2v) is 7.48. The van der Waals surface area contributed by atoms with Crippen molar-refractivity contribution in [1.29, 1.82) is 0 Å². The molecule has 0 fully saturated rings. The topological polar surface area (TPSA) is 110 Å². The van der Waals surface area contributed by atoms with Gasteiger partial charge in [-0.25, -0.2) is 8.42 Å². The van der Waals surface area contributed by atoms with E-state index in [0.29, 0.717) is 0 Å². The van der Waals surface area contributed by atoms with E-state index in [1.165, 1.54) is 6.92 Å². The number of aliphatic hydroxyl groups excluding tert-OH is 1. The van der Waals surface area contributed by atoms with Gasteiger partial charge in [0.15, 0.2) is 0 Å². The van der Waals surface area contributed by atoms with E-state index < -0.39 is 26.1 Å². The van der Waals surface area contributed by atoms with E-state index in [1.54, 1.807) is 0 Å². The van der Waals surface area contributed by atoms with Gasteiger partial charge < -0.3 is 5.11 Å². The summed E-state index contributed by atoms with van der Waals surface area (Å²) in [7, 11) is -6.95. The third-order valence-electron chi connectivity index (χ3n) is 1.47. The van der Waals surface area contributed by atoms with Crippen LogP contribution in [-0.2, 0) is 24.2 Å². The van der Waals surface area contributed by atoms with Crippen molar-refractivity contribution in [3.63, 3.8) is 0 Å². The molecule has 1 atom stereocenters. The lowest BCUT2D eigenvalue weighted by Crippen LogP contribution is -2.29. The standard InChI is InChI=1S/C7H17NO6S2/c1-7(9)6-8-14-16(12,13)5-3-4-15(2,10)11/h7-9H,3-6H2,1-2H3. The lowest BCUT2D eigenvalue weighted by molar-refractivity contribution is 0.123. The Balaban J connectivity index is 3.89. The molecule has 0 aromatic rings. The number of aliphatic hydroxyl groups is 1. The van der Waals surface area contributed by atoms with Gasteiger partial charge in [0.2, 0.25) is 0 Å². The van der Waals surface area contributed by atoms with Crippen molar-refractivity contribution < 1.29 is 26.2 Å². The van der Waals surface area contributed by atoms with Gasteiger partial charge >= 0.3 is 0 Å². The first-order chi connectivity index (χ1) is 7.12. The summed E-state index contributed by atoms with van der Waals surface area (Å²) in [5, 5.41) is 8.82. The second kappa shape index (κ2) is 6.50. The minimum absolute atomic E-state index is 0.0163. The summed E-state index contributed by atoms with van der Waals surface area (Å²) < 4.78 is 48.1. The molecule has 0 aliphatic heterocycles.